The Hall–Kier alpha value is -2.31. The summed E-state index contributed by atoms with van der Waals surface area (Å²) in [6.45, 7) is 0. The zero-order valence-electron chi connectivity index (χ0n) is 13.9. The lowest BCUT2D eigenvalue weighted by atomic mass is 10.1. The summed E-state index contributed by atoms with van der Waals surface area (Å²) < 4.78 is 94.8. The average molecular weight is 470 g/mol. The van der Waals surface area contributed by atoms with Crippen LogP contribution in [0.25, 0.3) is 5.69 Å². The van der Waals surface area contributed by atoms with Crippen LogP contribution in [0.4, 0.5) is 22.0 Å². The summed E-state index contributed by atoms with van der Waals surface area (Å²) in [6.07, 6.45) is -3.73. The molecular formula is C16H9ClF5N3O2S2. The van der Waals surface area contributed by atoms with Crippen LogP contribution in [0.15, 0.2) is 53.7 Å². The van der Waals surface area contributed by atoms with E-state index in [-0.39, 0.29) is 10.8 Å². The maximum Gasteiger partial charge on any atom is 0.417 e. The second-order valence-electron chi connectivity index (χ2n) is 5.74. The maximum atomic E-state index is 14.7. The zero-order chi connectivity index (χ0) is 21.6. The Bertz CT molecular complexity index is 1220. The number of sulfone groups is 1. The largest absolute Gasteiger partial charge is 0.417 e. The number of aromatic nitrogens is 3. The standard InChI is InChI=1S/C16H9ClF5N3O2S2/c17-13-6-1-9(7-12(13)15(18,19)20)16(21,22)29(26,27)11-4-2-10(3-5-11)25-8-23-24-14(25)28/h1-8H,(H,24,28). The molecule has 13 heteroatoms. The zero-order valence-corrected chi connectivity index (χ0v) is 16.3. The maximum absolute atomic E-state index is 14.7. The molecule has 0 aliphatic carbocycles. The predicted molar refractivity (Wildman–Crippen MR) is 96.3 cm³/mol. The van der Waals surface area contributed by atoms with E-state index in [2.05, 4.69) is 10.2 Å². The van der Waals surface area contributed by atoms with Gasteiger partial charge in [0.15, 0.2) is 4.77 Å². The monoisotopic (exact) mass is 469 g/mol. The van der Waals surface area contributed by atoms with Gasteiger partial charge in [-0.25, -0.2) is 8.42 Å². The van der Waals surface area contributed by atoms with Gasteiger partial charge >= 0.3 is 11.4 Å². The van der Waals surface area contributed by atoms with Crippen LogP contribution in [0.3, 0.4) is 0 Å². The van der Waals surface area contributed by atoms with Crippen molar-refractivity contribution < 1.29 is 30.4 Å². The van der Waals surface area contributed by atoms with E-state index in [0.29, 0.717) is 17.8 Å². The smallest absolute Gasteiger partial charge is 0.275 e. The fraction of sp³-hybridized carbons (Fsp3) is 0.125. The van der Waals surface area contributed by atoms with E-state index in [9.17, 15) is 30.4 Å². The second-order valence-corrected chi connectivity index (χ2v) is 8.52. The first-order valence-corrected chi connectivity index (χ1v) is 9.85. The first-order chi connectivity index (χ1) is 13.4. The predicted octanol–water partition coefficient (Wildman–Crippen LogP) is 5.13. The minimum atomic E-state index is -5.36. The Balaban J connectivity index is 2.04. The summed E-state index contributed by atoms with van der Waals surface area (Å²) in [6, 6.07) is 5.34. The van der Waals surface area contributed by atoms with Gasteiger partial charge in [-0.2, -0.15) is 27.1 Å². The van der Waals surface area contributed by atoms with Crippen molar-refractivity contribution in [3.63, 3.8) is 0 Å². The Morgan fingerprint density at radius 1 is 1.03 bits per heavy atom. The molecule has 5 nitrogen and oxygen atoms in total. The van der Waals surface area contributed by atoms with Crippen LogP contribution >= 0.6 is 23.8 Å². The summed E-state index contributed by atoms with van der Waals surface area (Å²) in [4.78, 5) is -0.787. The van der Waals surface area contributed by atoms with Gasteiger partial charge in [-0.3, -0.25) is 9.67 Å². The molecule has 3 rings (SSSR count). The molecule has 3 aromatic rings. The minimum Gasteiger partial charge on any atom is -0.275 e. The molecule has 0 saturated carbocycles. The number of hydrogen-bond acceptors (Lipinski definition) is 4. The molecule has 0 saturated heterocycles. The molecule has 0 bridgehead atoms. The van der Waals surface area contributed by atoms with Crippen LogP contribution in [0.2, 0.25) is 5.02 Å². The van der Waals surface area contributed by atoms with E-state index in [4.69, 9.17) is 23.8 Å². The van der Waals surface area contributed by atoms with Crippen LogP contribution < -0.4 is 0 Å². The van der Waals surface area contributed by atoms with Crippen molar-refractivity contribution in [3.8, 4) is 5.69 Å². The first kappa shape index (κ1) is 21.4. The summed E-state index contributed by atoms with van der Waals surface area (Å²) in [5, 5.41) is 0.685. The molecule has 1 N–H and O–H groups in total. The summed E-state index contributed by atoms with van der Waals surface area (Å²) in [5.41, 5.74) is -2.57. The third kappa shape index (κ3) is 3.79. The number of benzene rings is 2. The van der Waals surface area contributed by atoms with E-state index in [1.807, 2.05) is 0 Å². The van der Waals surface area contributed by atoms with Gasteiger partial charge in [0, 0.05) is 11.3 Å². The van der Waals surface area contributed by atoms with E-state index in [0.717, 1.165) is 12.1 Å². The van der Waals surface area contributed by atoms with Crippen LogP contribution in [0, 0.1) is 4.77 Å². The average Bonchev–Trinajstić information content (AvgIpc) is 3.07. The highest BCUT2D eigenvalue weighted by Gasteiger charge is 2.49. The fourth-order valence-electron chi connectivity index (χ4n) is 2.44. The summed E-state index contributed by atoms with van der Waals surface area (Å²) in [7, 11) is -5.36. The summed E-state index contributed by atoms with van der Waals surface area (Å²) >= 11 is 10.4. The molecule has 1 heterocycles. The van der Waals surface area contributed by atoms with Crippen molar-refractivity contribution in [3.05, 3.63) is 69.7 Å². The normalized spacial score (nSPS) is 12.9. The molecule has 0 unspecified atom stereocenters. The van der Waals surface area contributed by atoms with Crippen molar-refractivity contribution in [2.45, 2.75) is 16.3 Å². The number of halogens is 6. The number of aromatic amines is 1. The van der Waals surface area contributed by atoms with Crippen molar-refractivity contribution in [1.29, 1.82) is 0 Å². The summed E-state index contributed by atoms with van der Waals surface area (Å²) in [5.74, 6) is 0. The van der Waals surface area contributed by atoms with Crippen molar-refractivity contribution in [2.75, 3.05) is 0 Å². The number of rotatable bonds is 4. The molecule has 0 fully saturated rings. The van der Waals surface area contributed by atoms with Gasteiger partial charge in [0.1, 0.15) is 6.33 Å². The highest BCUT2D eigenvalue weighted by atomic mass is 35.5. The van der Waals surface area contributed by atoms with Crippen molar-refractivity contribution in [1.82, 2.24) is 14.8 Å². The molecule has 154 valence electrons. The molecule has 0 spiro atoms. The van der Waals surface area contributed by atoms with Gasteiger partial charge in [-0.15, -0.1) is 0 Å². The SMILES string of the molecule is O=S(=O)(c1ccc(-n2cn[nH]c2=S)cc1)C(F)(F)c1ccc(Cl)c(C(F)(F)F)c1. The fourth-order valence-corrected chi connectivity index (χ4v) is 4.10. The number of H-pyrrole nitrogens is 1. The van der Waals surface area contributed by atoms with E-state index in [1.54, 1.807) is 0 Å². The van der Waals surface area contributed by atoms with Crippen molar-refractivity contribution in [2.24, 2.45) is 0 Å². The molecule has 0 amide bonds. The van der Waals surface area contributed by atoms with Gasteiger partial charge in [0.05, 0.1) is 15.5 Å². The van der Waals surface area contributed by atoms with Gasteiger partial charge in [0.2, 0.25) is 9.84 Å². The third-order valence-corrected chi connectivity index (χ3v) is 6.34. The highest BCUT2D eigenvalue weighted by molar-refractivity contribution is 7.92. The Labute approximate surface area is 170 Å². The van der Waals surface area contributed by atoms with E-state index >= 15 is 0 Å². The molecule has 0 aliphatic heterocycles. The first-order valence-electron chi connectivity index (χ1n) is 7.58. The number of nitrogens with zero attached hydrogens (tertiary/aromatic N) is 2. The van der Waals surface area contributed by atoms with Crippen LogP contribution in [-0.4, -0.2) is 23.2 Å². The molecule has 0 aliphatic rings. The molecule has 1 aromatic heterocycles. The van der Waals surface area contributed by atoms with Gasteiger partial charge in [-0.05, 0) is 48.6 Å². The van der Waals surface area contributed by atoms with E-state index < -0.39 is 42.3 Å². The molecule has 0 atom stereocenters. The molecular weight excluding hydrogens is 461 g/mol. The van der Waals surface area contributed by atoms with E-state index in [1.165, 1.54) is 23.0 Å². The molecule has 0 radical (unpaired) electrons. The Morgan fingerprint density at radius 3 is 2.17 bits per heavy atom. The van der Waals surface area contributed by atoms with Crippen molar-refractivity contribution >= 4 is 33.7 Å². The number of nitrogens with one attached hydrogen (secondary N) is 1. The lowest BCUT2D eigenvalue weighted by molar-refractivity contribution is -0.137. The molecule has 2 aromatic carbocycles. The van der Waals surface area contributed by atoms with Crippen LogP contribution in [-0.2, 0) is 21.3 Å². The lowest BCUT2D eigenvalue weighted by Crippen LogP contribution is -2.27. The van der Waals surface area contributed by atoms with Gasteiger partial charge < -0.3 is 0 Å². The Morgan fingerprint density at radius 2 is 1.66 bits per heavy atom. The van der Waals surface area contributed by atoms with Gasteiger partial charge in [0.25, 0.3) is 0 Å². The third-order valence-electron chi connectivity index (χ3n) is 3.92. The highest BCUT2D eigenvalue weighted by Crippen LogP contribution is 2.42. The van der Waals surface area contributed by atoms with Gasteiger partial charge in [-0.1, -0.05) is 17.7 Å². The van der Waals surface area contributed by atoms with Crippen LogP contribution in [0.1, 0.15) is 11.1 Å². The Kier molecular flexibility index (Phi) is 5.30. The quantitative estimate of drug-likeness (QED) is 0.425. The molecule has 29 heavy (non-hydrogen) atoms. The second kappa shape index (κ2) is 7.18. The van der Waals surface area contributed by atoms with Crippen LogP contribution in [0.5, 0.6) is 0 Å². The lowest BCUT2D eigenvalue weighted by Gasteiger charge is -2.19. The number of alkyl halides is 5. The minimum absolute atomic E-state index is 0.0268. The number of hydrogen-bond donors (Lipinski definition) is 1. The topological polar surface area (TPSA) is 67.8 Å².